The second-order valence-corrected chi connectivity index (χ2v) is 3.88. The topological polar surface area (TPSA) is 74.2 Å². The van der Waals surface area contributed by atoms with Gasteiger partial charge in [-0.1, -0.05) is 11.3 Å². The minimum atomic E-state index is 0.517. The van der Waals surface area contributed by atoms with Crippen molar-refractivity contribution in [2.45, 2.75) is 0 Å². The first kappa shape index (κ1) is 9.23. The first-order chi connectivity index (χ1) is 6.79. The van der Waals surface area contributed by atoms with Gasteiger partial charge in [-0.15, -0.1) is 0 Å². The summed E-state index contributed by atoms with van der Waals surface area (Å²) < 4.78 is 6.42. The van der Waals surface area contributed by atoms with E-state index < -0.39 is 0 Å². The Morgan fingerprint density at radius 3 is 3.07 bits per heavy atom. The molecule has 1 heterocycles. The molecule has 74 valence electrons. The maximum atomic E-state index is 5.59. The summed E-state index contributed by atoms with van der Waals surface area (Å²) in [5.41, 5.74) is 11.8. The molecule has 0 unspecified atom stereocenters. The first-order valence-corrected chi connectivity index (χ1v) is 5.10. The maximum absolute atomic E-state index is 5.59. The lowest BCUT2D eigenvalue weighted by Gasteiger charge is -2.02. The fourth-order valence-corrected chi connectivity index (χ4v) is 1.95. The summed E-state index contributed by atoms with van der Waals surface area (Å²) in [6, 6.07) is 5.70. The van der Waals surface area contributed by atoms with E-state index >= 15 is 0 Å². The van der Waals surface area contributed by atoms with Crippen LogP contribution in [0.4, 0.5) is 5.13 Å². The van der Waals surface area contributed by atoms with Crippen LogP contribution in [0.1, 0.15) is 0 Å². The van der Waals surface area contributed by atoms with Gasteiger partial charge in [-0.3, -0.25) is 0 Å². The van der Waals surface area contributed by atoms with E-state index in [1.807, 2.05) is 18.2 Å². The number of aromatic nitrogens is 1. The SMILES string of the molecule is NCCOc1ccc2nc(N)sc2c1. The molecule has 0 aliphatic rings. The third-order valence-electron chi connectivity index (χ3n) is 1.76. The zero-order valence-electron chi connectivity index (χ0n) is 7.56. The molecule has 0 saturated heterocycles. The molecule has 0 saturated carbocycles. The van der Waals surface area contributed by atoms with Crippen molar-refractivity contribution in [3.05, 3.63) is 18.2 Å². The highest BCUT2D eigenvalue weighted by molar-refractivity contribution is 7.22. The van der Waals surface area contributed by atoms with Crippen LogP contribution in [0, 0.1) is 0 Å². The predicted octanol–water partition coefficient (Wildman–Crippen LogP) is 1.22. The molecule has 4 N–H and O–H groups in total. The Bertz CT molecular complexity index is 441. The van der Waals surface area contributed by atoms with E-state index in [9.17, 15) is 0 Å². The summed E-state index contributed by atoms with van der Waals surface area (Å²) in [5.74, 6) is 0.812. The van der Waals surface area contributed by atoms with Crippen LogP contribution in [0.2, 0.25) is 0 Å². The van der Waals surface area contributed by atoms with Crippen LogP contribution in [-0.2, 0) is 0 Å². The van der Waals surface area contributed by atoms with Crippen molar-refractivity contribution in [2.24, 2.45) is 5.73 Å². The van der Waals surface area contributed by atoms with Crippen LogP contribution in [0.3, 0.4) is 0 Å². The molecular weight excluding hydrogens is 198 g/mol. The van der Waals surface area contributed by atoms with Crippen molar-refractivity contribution >= 4 is 26.7 Å². The summed E-state index contributed by atoms with van der Waals surface area (Å²) in [7, 11) is 0. The van der Waals surface area contributed by atoms with Gasteiger partial charge >= 0.3 is 0 Å². The van der Waals surface area contributed by atoms with Crippen LogP contribution in [0.25, 0.3) is 10.2 Å². The molecule has 2 aromatic rings. The van der Waals surface area contributed by atoms with Crippen molar-refractivity contribution in [1.29, 1.82) is 0 Å². The quantitative estimate of drug-likeness (QED) is 0.797. The van der Waals surface area contributed by atoms with Crippen LogP contribution in [0.5, 0.6) is 5.75 Å². The Balaban J connectivity index is 2.31. The van der Waals surface area contributed by atoms with Gasteiger partial charge in [0.1, 0.15) is 12.4 Å². The summed E-state index contributed by atoms with van der Waals surface area (Å²) >= 11 is 1.46. The van der Waals surface area contributed by atoms with E-state index in [1.165, 1.54) is 11.3 Å². The minimum absolute atomic E-state index is 0.517. The largest absolute Gasteiger partial charge is 0.492 e. The lowest BCUT2D eigenvalue weighted by molar-refractivity contribution is 0.329. The van der Waals surface area contributed by atoms with E-state index in [0.29, 0.717) is 18.3 Å². The van der Waals surface area contributed by atoms with Crippen LogP contribution < -0.4 is 16.2 Å². The summed E-state index contributed by atoms with van der Waals surface area (Å²) in [6.07, 6.45) is 0. The molecule has 0 fully saturated rings. The van der Waals surface area contributed by atoms with Crippen LogP contribution in [-0.4, -0.2) is 18.1 Å². The molecule has 0 bridgehead atoms. The number of fused-ring (bicyclic) bond motifs is 1. The monoisotopic (exact) mass is 209 g/mol. The van der Waals surface area contributed by atoms with Gasteiger partial charge in [0.15, 0.2) is 5.13 Å². The Morgan fingerprint density at radius 2 is 2.29 bits per heavy atom. The highest BCUT2D eigenvalue weighted by atomic mass is 32.1. The van der Waals surface area contributed by atoms with Gasteiger partial charge in [-0.25, -0.2) is 4.98 Å². The fraction of sp³-hybridized carbons (Fsp3) is 0.222. The van der Waals surface area contributed by atoms with Crippen molar-refractivity contribution in [1.82, 2.24) is 4.98 Å². The molecule has 14 heavy (non-hydrogen) atoms. The number of hydrogen-bond donors (Lipinski definition) is 2. The molecule has 1 aromatic heterocycles. The molecule has 0 aliphatic heterocycles. The van der Waals surface area contributed by atoms with Crippen molar-refractivity contribution in [3.8, 4) is 5.75 Å². The van der Waals surface area contributed by atoms with E-state index in [-0.39, 0.29) is 0 Å². The summed E-state index contributed by atoms with van der Waals surface area (Å²) in [5, 5.41) is 0.580. The number of thiazole rings is 1. The fourth-order valence-electron chi connectivity index (χ4n) is 1.19. The molecule has 0 spiro atoms. The molecule has 0 radical (unpaired) electrons. The second kappa shape index (κ2) is 3.81. The van der Waals surface area contributed by atoms with Gasteiger partial charge in [-0.05, 0) is 18.2 Å². The second-order valence-electron chi connectivity index (χ2n) is 2.82. The summed E-state index contributed by atoms with van der Waals surface area (Å²) in [6.45, 7) is 1.04. The number of rotatable bonds is 3. The van der Waals surface area contributed by atoms with E-state index in [2.05, 4.69) is 4.98 Å². The zero-order chi connectivity index (χ0) is 9.97. The Morgan fingerprint density at radius 1 is 1.43 bits per heavy atom. The number of benzene rings is 1. The van der Waals surface area contributed by atoms with Crippen molar-refractivity contribution < 1.29 is 4.74 Å². The molecule has 5 heteroatoms. The maximum Gasteiger partial charge on any atom is 0.181 e. The van der Waals surface area contributed by atoms with E-state index in [4.69, 9.17) is 16.2 Å². The van der Waals surface area contributed by atoms with Gasteiger partial charge in [0.25, 0.3) is 0 Å². The third-order valence-corrected chi connectivity index (χ3v) is 2.61. The predicted molar refractivity (Wildman–Crippen MR) is 58.6 cm³/mol. The number of nitrogens with zero attached hydrogens (tertiary/aromatic N) is 1. The Hall–Kier alpha value is -1.33. The van der Waals surface area contributed by atoms with Gasteiger partial charge in [0.05, 0.1) is 10.2 Å². The Labute approximate surface area is 85.5 Å². The number of nitrogens with two attached hydrogens (primary N) is 2. The van der Waals surface area contributed by atoms with E-state index in [0.717, 1.165) is 16.0 Å². The van der Waals surface area contributed by atoms with Gasteiger partial charge < -0.3 is 16.2 Å². The van der Waals surface area contributed by atoms with Crippen molar-refractivity contribution in [3.63, 3.8) is 0 Å². The van der Waals surface area contributed by atoms with Crippen LogP contribution in [0.15, 0.2) is 18.2 Å². The normalized spacial score (nSPS) is 10.6. The number of anilines is 1. The summed E-state index contributed by atoms with van der Waals surface area (Å²) in [4.78, 5) is 4.15. The molecule has 0 aliphatic carbocycles. The molecule has 0 atom stereocenters. The number of nitrogen functional groups attached to an aromatic ring is 1. The highest BCUT2D eigenvalue weighted by Gasteiger charge is 2.02. The number of hydrogen-bond acceptors (Lipinski definition) is 5. The first-order valence-electron chi connectivity index (χ1n) is 4.28. The average molecular weight is 209 g/mol. The molecule has 1 aromatic carbocycles. The molecule has 0 amide bonds. The molecule has 2 rings (SSSR count). The smallest absolute Gasteiger partial charge is 0.181 e. The zero-order valence-corrected chi connectivity index (χ0v) is 8.38. The highest BCUT2D eigenvalue weighted by Crippen LogP contribution is 2.27. The lowest BCUT2D eigenvalue weighted by Crippen LogP contribution is -2.10. The van der Waals surface area contributed by atoms with Gasteiger partial charge in [-0.2, -0.15) is 0 Å². The van der Waals surface area contributed by atoms with E-state index in [1.54, 1.807) is 0 Å². The average Bonchev–Trinajstić information content (AvgIpc) is 2.54. The van der Waals surface area contributed by atoms with Gasteiger partial charge in [0, 0.05) is 6.54 Å². The Kier molecular flexibility index (Phi) is 2.51. The third kappa shape index (κ3) is 1.78. The molecule has 4 nitrogen and oxygen atoms in total. The molecular formula is C9H11N3OS. The number of ether oxygens (including phenoxy) is 1. The lowest BCUT2D eigenvalue weighted by atomic mass is 10.3. The van der Waals surface area contributed by atoms with Gasteiger partial charge in [0.2, 0.25) is 0 Å². The van der Waals surface area contributed by atoms with Crippen LogP contribution >= 0.6 is 11.3 Å². The standard InChI is InChI=1S/C9H11N3OS/c10-3-4-13-6-1-2-7-8(5-6)14-9(11)12-7/h1-2,5H,3-4,10H2,(H2,11,12). The van der Waals surface area contributed by atoms with Crippen molar-refractivity contribution in [2.75, 3.05) is 18.9 Å². The minimum Gasteiger partial charge on any atom is -0.492 e.